The van der Waals surface area contributed by atoms with Gasteiger partial charge in [-0.15, -0.1) is 0 Å². The van der Waals surface area contributed by atoms with Crippen LogP contribution in [0.2, 0.25) is 10.2 Å². The molecule has 0 radical (unpaired) electrons. The van der Waals surface area contributed by atoms with Crippen LogP contribution in [0, 0.1) is 0 Å². The highest BCUT2D eigenvalue weighted by atomic mass is 35.5. The molecule has 0 aliphatic rings. The van der Waals surface area contributed by atoms with E-state index in [0.717, 1.165) is 11.5 Å². The summed E-state index contributed by atoms with van der Waals surface area (Å²) in [4.78, 5) is 22.0. The van der Waals surface area contributed by atoms with Crippen LogP contribution in [0.4, 0.5) is 0 Å². The second-order valence-electron chi connectivity index (χ2n) is 2.65. The SMILES string of the molecule is CC(NC(=O)c1snc(Cl)c1Cl)C(=O)O. The predicted molar refractivity (Wildman–Crippen MR) is 56.7 cm³/mol. The van der Waals surface area contributed by atoms with E-state index in [-0.39, 0.29) is 15.1 Å². The lowest BCUT2D eigenvalue weighted by atomic mass is 10.3. The predicted octanol–water partition coefficient (Wildman–Crippen LogP) is 1.65. The van der Waals surface area contributed by atoms with Crippen molar-refractivity contribution in [3.8, 4) is 0 Å². The second kappa shape index (κ2) is 4.78. The average Bonchev–Trinajstić information content (AvgIpc) is 2.47. The zero-order valence-corrected chi connectivity index (χ0v) is 9.78. The number of carbonyl (C=O) groups is 2. The van der Waals surface area contributed by atoms with E-state index in [4.69, 9.17) is 28.3 Å². The molecule has 1 rings (SSSR count). The highest BCUT2D eigenvalue weighted by Crippen LogP contribution is 2.28. The molecule has 1 aromatic heterocycles. The number of aliphatic carboxylic acids is 1. The molecular formula is C7H6Cl2N2O3S. The van der Waals surface area contributed by atoms with Gasteiger partial charge in [0.05, 0.1) is 0 Å². The van der Waals surface area contributed by atoms with Gasteiger partial charge in [0.25, 0.3) is 5.91 Å². The number of nitrogens with zero attached hydrogens (tertiary/aromatic N) is 1. The van der Waals surface area contributed by atoms with Crippen molar-refractivity contribution in [3.63, 3.8) is 0 Å². The van der Waals surface area contributed by atoms with Crippen LogP contribution in [0.3, 0.4) is 0 Å². The molecule has 0 aliphatic carbocycles. The molecule has 1 amide bonds. The minimum absolute atomic E-state index is 0.0368. The topological polar surface area (TPSA) is 79.3 Å². The number of halogens is 2. The van der Waals surface area contributed by atoms with Crippen LogP contribution in [0.1, 0.15) is 16.6 Å². The third-order valence-electron chi connectivity index (χ3n) is 1.52. The Bertz CT molecular complexity index is 407. The first-order valence-electron chi connectivity index (χ1n) is 3.77. The zero-order chi connectivity index (χ0) is 11.6. The normalized spacial score (nSPS) is 12.2. The van der Waals surface area contributed by atoms with Crippen molar-refractivity contribution in [3.05, 3.63) is 15.1 Å². The molecule has 0 aliphatic heterocycles. The number of carboxylic acids is 1. The van der Waals surface area contributed by atoms with Crippen molar-refractivity contribution in [2.75, 3.05) is 0 Å². The van der Waals surface area contributed by atoms with Crippen LogP contribution in [0.15, 0.2) is 0 Å². The summed E-state index contributed by atoms with van der Waals surface area (Å²) >= 11 is 12.0. The standard InChI is InChI=1S/C7H6Cl2N2O3S/c1-2(7(13)14)10-6(12)4-3(8)5(9)11-15-4/h2H,1H3,(H,10,12)(H,13,14). The third kappa shape index (κ3) is 2.80. The molecule has 2 N–H and O–H groups in total. The molecule has 0 fully saturated rings. The molecule has 1 unspecified atom stereocenters. The Labute approximate surface area is 99.2 Å². The number of nitrogens with one attached hydrogen (secondary N) is 1. The lowest BCUT2D eigenvalue weighted by Gasteiger charge is -2.07. The fourth-order valence-electron chi connectivity index (χ4n) is 0.725. The molecular weight excluding hydrogens is 263 g/mol. The molecule has 15 heavy (non-hydrogen) atoms. The smallest absolute Gasteiger partial charge is 0.325 e. The van der Waals surface area contributed by atoms with Gasteiger partial charge in [-0.2, -0.15) is 4.37 Å². The molecule has 0 spiro atoms. The molecule has 0 saturated heterocycles. The zero-order valence-electron chi connectivity index (χ0n) is 7.45. The van der Waals surface area contributed by atoms with E-state index in [2.05, 4.69) is 9.69 Å². The number of rotatable bonds is 3. The summed E-state index contributed by atoms with van der Waals surface area (Å²) in [7, 11) is 0. The minimum atomic E-state index is -1.13. The lowest BCUT2D eigenvalue weighted by Crippen LogP contribution is -2.38. The monoisotopic (exact) mass is 268 g/mol. The molecule has 8 heteroatoms. The van der Waals surface area contributed by atoms with Gasteiger partial charge in [0.15, 0.2) is 5.15 Å². The number of amides is 1. The summed E-state index contributed by atoms with van der Waals surface area (Å²) in [5.74, 6) is -1.73. The molecule has 0 bridgehead atoms. The molecule has 82 valence electrons. The lowest BCUT2D eigenvalue weighted by molar-refractivity contribution is -0.138. The maximum Gasteiger partial charge on any atom is 0.325 e. The number of hydrogen-bond acceptors (Lipinski definition) is 4. The van der Waals surface area contributed by atoms with Gasteiger partial charge >= 0.3 is 5.97 Å². The van der Waals surface area contributed by atoms with Crippen LogP contribution >= 0.6 is 34.7 Å². The Morgan fingerprint density at radius 1 is 1.53 bits per heavy atom. The van der Waals surface area contributed by atoms with E-state index in [1.807, 2.05) is 0 Å². The maximum atomic E-state index is 11.4. The van der Waals surface area contributed by atoms with E-state index in [9.17, 15) is 9.59 Å². The Morgan fingerprint density at radius 3 is 2.53 bits per heavy atom. The third-order valence-corrected chi connectivity index (χ3v) is 3.32. The summed E-state index contributed by atoms with van der Waals surface area (Å²) in [6, 6.07) is -0.991. The van der Waals surface area contributed by atoms with Gasteiger partial charge in [-0.3, -0.25) is 9.59 Å². The Balaban J connectivity index is 2.78. The number of carboxylic acid groups (broad SMARTS) is 1. The molecule has 0 aromatic carbocycles. The maximum absolute atomic E-state index is 11.4. The molecule has 1 aromatic rings. The van der Waals surface area contributed by atoms with Gasteiger partial charge in [-0.25, -0.2) is 0 Å². The fraction of sp³-hybridized carbons (Fsp3) is 0.286. The largest absolute Gasteiger partial charge is 0.480 e. The summed E-state index contributed by atoms with van der Waals surface area (Å²) in [6.45, 7) is 1.34. The molecule has 1 atom stereocenters. The van der Waals surface area contributed by atoms with E-state index in [1.165, 1.54) is 6.92 Å². The molecule has 1 heterocycles. The van der Waals surface area contributed by atoms with Crippen LogP contribution in [-0.4, -0.2) is 27.4 Å². The first kappa shape index (κ1) is 12.2. The van der Waals surface area contributed by atoms with Gasteiger partial charge in [-0.05, 0) is 18.5 Å². The van der Waals surface area contributed by atoms with E-state index in [1.54, 1.807) is 0 Å². The van der Waals surface area contributed by atoms with E-state index >= 15 is 0 Å². The van der Waals surface area contributed by atoms with Crippen molar-refractivity contribution in [1.29, 1.82) is 0 Å². The van der Waals surface area contributed by atoms with Crippen LogP contribution in [-0.2, 0) is 4.79 Å². The Hall–Kier alpha value is -0.850. The van der Waals surface area contributed by atoms with Crippen LogP contribution in [0.5, 0.6) is 0 Å². The summed E-state index contributed by atoms with van der Waals surface area (Å²) in [5, 5.41) is 10.9. The van der Waals surface area contributed by atoms with Gasteiger partial charge in [-0.1, -0.05) is 23.2 Å². The molecule has 0 saturated carbocycles. The van der Waals surface area contributed by atoms with Crippen LogP contribution < -0.4 is 5.32 Å². The quantitative estimate of drug-likeness (QED) is 0.874. The average molecular weight is 269 g/mol. The Morgan fingerprint density at radius 2 is 2.13 bits per heavy atom. The van der Waals surface area contributed by atoms with E-state index < -0.39 is 17.9 Å². The van der Waals surface area contributed by atoms with Gasteiger partial charge in [0.2, 0.25) is 0 Å². The summed E-state index contributed by atoms with van der Waals surface area (Å²) in [5.41, 5.74) is 0. The van der Waals surface area contributed by atoms with Gasteiger partial charge < -0.3 is 10.4 Å². The van der Waals surface area contributed by atoms with Crippen molar-refractivity contribution < 1.29 is 14.7 Å². The van der Waals surface area contributed by atoms with Crippen molar-refractivity contribution in [1.82, 2.24) is 9.69 Å². The minimum Gasteiger partial charge on any atom is -0.480 e. The van der Waals surface area contributed by atoms with Crippen molar-refractivity contribution >= 4 is 46.6 Å². The number of carbonyl (C=O) groups excluding carboxylic acids is 1. The first-order valence-corrected chi connectivity index (χ1v) is 5.30. The van der Waals surface area contributed by atoms with Gasteiger partial charge in [0, 0.05) is 0 Å². The van der Waals surface area contributed by atoms with Crippen molar-refractivity contribution in [2.24, 2.45) is 0 Å². The van der Waals surface area contributed by atoms with E-state index in [0.29, 0.717) is 0 Å². The highest BCUT2D eigenvalue weighted by molar-refractivity contribution is 7.09. The van der Waals surface area contributed by atoms with Crippen molar-refractivity contribution in [2.45, 2.75) is 13.0 Å². The first-order chi connectivity index (χ1) is 6.93. The number of hydrogen-bond donors (Lipinski definition) is 2. The molecule has 5 nitrogen and oxygen atoms in total. The summed E-state index contributed by atoms with van der Waals surface area (Å²) in [6.07, 6.45) is 0. The van der Waals surface area contributed by atoms with Crippen LogP contribution in [0.25, 0.3) is 0 Å². The van der Waals surface area contributed by atoms with Gasteiger partial charge in [0.1, 0.15) is 15.9 Å². The fourth-order valence-corrected chi connectivity index (χ4v) is 1.84. The summed E-state index contributed by atoms with van der Waals surface area (Å²) < 4.78 is 3.66. The Kier molecular flexibility index (Phi) is 3.90. The number of aromatic nitrogens is 1. The highest BCUT2D eigenvalue weighted by Gasteiger charge is 2.21. The second-order valence-corrected chi connectivity index (χ2v) is 4.16.